The molecule has 0 bridgehead atoms. The first-order valence-corrected chi connectivity index (χ1v) is 14.6. The first kappa shape index (κ1) is 25.2. The van der Waals surface area contributed by atoms with E-state index < -0.39 is 0 Å². The third kappa shape index (κ3) is 6.65. The van der Waals surface area contributed by atoms with Gasteiger partial charge >= 0.3 is 0 Å². The summed E-state index contributed by atoms with van der Waals surface area (Å²) in [7, 11) is 0. The molecule has 3 aliphatic rings. The highest BCUT2D eigenvalue weighted by atomic mass is 32.1. The molecule has 2 aromatic rings. The Bertz CT molecular complexity index is 990. The molecule has 3 heterocycles. The Morgan fingerprint density at radius 1 is 0.889 bits per heavy atom. The largest absolute Gasteiger partial charge is 0.359 e. The lowest BCUT2D eigenvalue weighted by molar-refractivity contribution is -0.134. The van der Waals surface area contributed by atoms with E-state index in [-0.39, 0.29) is 11.8 Å². The third-order valence-corrected chi connectivity index (χ3v) is 8.78. The van der Waals surface area contributed by atoms with Gasteiger partial charge in [-0.1, -0.05) is 49.6 Å². The number of amides is 2. The molecule has 3 fully saturated rings. The molecule has 2 amide bonds. The first-order valence-electron chi connectivity index (χ1n) is 13.7. The molecule has 1 aliphatic carbocycles. The molecule has 1 aromatic carbocycles. The highest BCUT2D eigenvalue weighted by molar-refractivity contribution is 7.13. The molecule has 0 spiro atoms. The van der Waals surface area contributed by atoms with Crippen molar-refractivity contribution in [2.24, 2.45) is 5.92 Å². The zero-order chi connectivity index (χ0) is 24.7. The van der Waals surface area contributed by atoms with Crippen LogP contribution in [0.5, 0.6) is 0 Å². The lowest BCUT2D eigenvalue weighted by Crippen LogP contribution is -2.52. The second-order valence-electron chi connectivity index (χ2n) is 10.6. The number of anilines is 1. The summed E-state index contributed by atoms with van der Waals surface area (Å²) >= 11 is 1.53. The zero-order valence-corrected chi connectivity index (χ0v) is 22.1. The monoisotopic (exact) mass is 509 g/mol. The fraction of sp³-hybridized carbons (Fsp3) is 0.607. The Kier molecular flexibility index (Phi) is 8.54. The van der Waals surface area contributed by atoms with Crippen LogP contribution in [0.4, 0.5) is 5.13 Å². The lowest BCUT2D eigenvalue weighted by atomic mass is 9.90. The number of thiazole rings is 1. The summed E-state index contributed by atoms with van der Waals surface area (Å²) in [4.78, 5) is 36.6. The van der Waals surface area contributed by atoms with E-state index in [1.54, 1.807) is 0 Å². The SMILES string of the molecule is O=C(CN1CCN(C(=O)c2csc(NC3CCCCC3)n2)CC1)N1CCC(Cc2ccccc2)CC1. The summed E-state index contributed by atoms with van der Waals surface area (Å²) in [6.45, 7) is 4.93. The summed E-state index contributed by atoms with van der Waals surface area (Å²) in [5.74, 6) is 0.898. The highest BCUT2D eigenvalue weighted by Crippen LogP contribution is 2.25. The average Bonchev–Trinajstić information content (AvgIpc) is 3.39. The number of aromatic nitrogens is 1. The van der Waals surface area contributed by atoms with Crippen molar-refractivity contribution in [1.29, 1.82) is 0 Å². The van der Waals surface area contributed by atoms with Crippen LogP contribution in [0.1, 0.15) is 61.0 Å². The molecular weight excluding hydrogens is 470 g/mol. The Balaban J connectivity index is 1.02. The fourth-order valence-corrected chi connectivity index (χ4v) is 6.52. The molecular formula is C28H39N5O2S. The van der Waals surface area contributed by atoms with Gasteiger partial charge < -0.3 is 15.1 Å². The predicted molar refractivity (Wildman–Crippen MR) is 144 cm³/mol. The van der Waals surface area contributed by atoms with Crippen LogP contribution >= 0.6 is 11.3 Å². The molecule has 8 heteroatoms. The van der Waals surface area contributed by atoms with Crippen molar-refractivity contribution >= 4 is 28.3 Å². The molecule has 2 aliphatic heterocycles. The number of nitrogens with one attached hydrogen (secondary N) is 1. The maximum absolute atomic E-state index is 13.0. The zero-order valence-electron chi connectivity index (χ0n) is 21.2. The van der Waals surface area contributed by atoms with Crippen molar-refractivity contribution in [3.8, 4) is 0 Å². The van der Waals surface area contributed by atoms with Gasteiger partial charge in [0.25, 0.3) is 5.91 Å². The number of carbonyl (C=O) groups excluding carboxylic acids is 2. The van der Waals surface area contributed by atoms with Gasteiger partial charge in [0.1, 0.15) is 5.69 Å². The topological polar surface area (TPSA) is 68.8 Å². The van der Waals surface area contributed by atoms with Gasteiger partial charge in [-0.3, -0.25) is 14.5 Å². The summed E-state index contributed by atoms with van der Waals surface area (Å²) in [6, 6.07) is 11.2. The second kappa shape index (κ2) is 12.2. The van der Waals surface area contributed by atoms with E-state index in [0.717, 1.165) is 50.6 Å². The van der Waals surface area contributed by atoms with Crippen LogP contribution in [0.25, 0.3) is 0 Å². The van der Waals surface area contributed by atoms with Gasteiger partial charge in [-0.25, -0.2) is 4.98 Å². The van der Waals surface area contributed by atoms with Crippen molar-refractivity contribution in [3.05, 3.63) is 47.0 Å². The molecule has 0 radical (unpaired) electrons. The fourth-order valence-electron chi connectivity index (χ4n) is 5.76. The molecule has 1 saturated carbocycles. The minimum atomic E-state index is 0.00871. The van der Waals surface area contributed by atoms with E-state index in [9.17, 15) is 9.59 Å². The number of hydrogen-bond donors (Lipinski definition) is 1. The smallest absolute Gasteiger partial charge is 0.273 e. The Morgan fingerprint density at radius 2 is 1.61 bits per heavy atom. The van der Waals surface area contributed by atoms with Gasteiger partial charge in [-0.2, -0.15) is 0 Å². The van der Waals surface area contributed by atoms with Crippen LogP contribution in [-0.4, -0.2) is 83.4 Å². The Hall–Kier alpha value is -2.45. The maximum atomic E-state index is 13.0. The van der Waals surface area contributed by atoms with E-state index >= 15 is 0 Å². The highest BCUT2D eigenvalue weighted by Gasteiger charge is 2.28. The van der Waals surface area contributed by atoms with Gasteiger partial charge in [0.05, 0.1) is 6.54 Å². The van der Waals surface area contributed by atoms with Gasteiger partial charge in [0, 0.05) is 50.7 Å². The van der Waals surface area contributed by atoms with E-state index in [2.05, 4.69) is 45.5 Å². The Morgan fingerprint density at radius 3 is 2.33 bits per heavy atom. The van der Waals surface area contributed by atoms with Crippen LogP contribution in [-0.2, 0) is 11.2 Å². The van der Waals surface area contributed by atoms with Gasteiger partial charge in [0.2, 0.25) is 5.91 Å². The van der Waals surface area contributed by atoms with Crippen LogP contribution in [0, 0.1) is 5.92 Å². The third-order valence-electron chi connectivity index (χ3n) is 8.01. The number of hydrogen-bond acceptors (Lipinski definition) is 6. The normalized spacial score (nSPS) is 20.4. The summed E-state index contributed by atoms with van der Waals surface area (Å²) in [5, 5.41) is 6.26. The Labute approximate surface area is 218 Å². The number of piperidine rings is 1. The van der Waals surface area contributed by atoms with E-state index in [0.29, 0.717) is 37.3 Å². The van der Waals surface area contributed by atoms with Crippen molar-refractivity contribution in [2.75, 3.05) is 51.1 Å². The van der Waals surface area contributed by atoms with Crippen molar-refractivity contribution in [3.63, 3.8) is 0 Å². The minimum absolute atomic E-state index is 0.00871. The molecule has 1 aromatic heterocycles. The second-order valence-corrected chi connectivity index (χ2v) is 11.5. The average molecular weight is 510 g/mol. The van der Waals surface area contributed by atoms with Crippen molar-refractivity contribution in [2.45, 2.75) is 57.4 Å². The van der Waals surface area contributed by atoms with Crippen LogP contribution < -0.4 is 5.32 Å². The predicted octanol–water partition coefficient (Wildman–Crippen LogP) is 4.13. The van der Waals surface area contributed by atoms with Crippen LogP contribution in [0.2, 0.25) is 0 Å². The van der Waals surface area contributed by atoms with Crippen molar-refractivity contribution in [1.82, 2.24) is 19.7 Å². The number of likely N-dealkylation sites (tertiary alicyclic amines) is 1. The number of rotatable bonds is 7. The summed E-state index contributed by atoms with van der Waals surface area (Å²) in [5.41, 5.74) is 1.94. The molecule has 7 nitrogen and oxygen atoms in total. The molecule has 0 atom stereocenters. The summed E-state index contributed by atoms with van der Waals surface area (Å²) < 4.78 is 0. The minimum Gasteiger partial charge on any atom is -0.359 e. The van der Waals surface area contributed by atoms with Gasteiger partial charge in [-0.05, 0) is 43.6 Å². The maximum Gasteiger partial charge on any atom is 0.273 e. The number of nitrogens with zero attached hydrogens (tertiary/aromatic N) is 4. The van der Waals surface area contributed by atoms with E-state index in [1.165, 1.54) is 49.0 Å². The van der Waals surface area contributed by atoms with E-state index in [4.69, 9.17) is 0 Å². The number of carbonyl (C=O) groups is 2. The molecule has 0 unspecified atom stereocenters. The quantitative estimate of drug-likeness (QED) is 0.608. The summed E-state index contributed by atoms with van der Waals surface area (Å²) in [6.07, 6.45) is 9.51. The molecule has 5 rings (SSSR count). The van der Waals surface area contributed by atoms with Gasteiger partial charge in [-0.15, -0.1) is 11.3 Å². The molecule has 194 valence electrons. The molecule has 36 heavy (non-hydrogen) atoms. The number of benzene rings is 1. The first-order chi connectivity index (χ1) is 17.6. The van der Waals surface area contributed by atoms with E-state index in [1.807, 2.05) is 15.2 Å². The van der Waals surface area contributed by atoms with Gasteiger partial charge in [0.15, 0.2) is 5.13 Å². The standard InChI is InChI=1S/C28H39N5O2S/c34-26(32-13-11-23(12-14-32)19-22-7-3-1-4-8-22)20-31-15-17-33(18-16-31)27(35)25-21-36-28(30-25)29-24-9-5-2-6-10-24/h1,3-4,7-8,21,23-24H,2,5-6,9-20H2,(H,29,30). The number of piperazine rings is 1. The van der Waals surface area contributed by atoms with Crippen LogP contribution in [0.3, 0.4) is 0 Å². The molecule has 1 N–H and O–H groups in total. The van der Waals surface area contributed by atoms with Crippen molar-refractivity contribution < 1.29 is 9.59 Å². The van der Waals surface area contributed by atoms with Crippen LogP contribution in [0.15, 0.2) is 35.7 Å². The molecule has 2 saturated heterocycles. The lowest BCUT2D eigenvalue weighted by Gasteiger charge is -2.37.